The fraction of sp³-hybridized carbons (Fsp3) is 0.400. The Labute approximate surface area is 85.6 Å². The van der Waals surface area contributed by atoms with Crippen LogP contribution in [0, 0.1) is 0 Å². The van der Waals surface area contributed by atoms with E-state index >= 15 is 0 Å². The lowest BCUT2D eigenvalue weighted by molar-refractivity contribution is -0.274. The normalized spacial score (nSPS) is 11.5. The minimum absolute atomic E-state index is 0.222. The number of hydrogen-bond donors (Lipinski definition) is 0. The fourth-order valence-corrected chi connectivity index (χ4v) is 1.05. The molecule has 0 saturated carbocycles. The molecule has 1 rings (SSSR count). The Bertz CT molecular complexity index is 310. The summed E-state index contributed by atoms with van der Waals surface area (Å²) >= 11 is 0. The SMILES string of the molecule is CCOCc1cccc(OC(F)(F)F)c1. The minimum Gasteiger partial charge on any atom is -0.406 e. The summed E-state index contributed by atoms with van der Waals surface area (Å²) in [4.78, 5) is 0. The van der Waals surface area contributed by atoms with Crippen molar-refractivity contribution in [3.05, 3.63) is 29.8 Å². The van der Waals surface area contributed by atoms with Crippen LogP contribution in [0.5, 0.6) is 5.75 Å². The van der Waals surface area contributed by atoms with Gasteiger partial charge >= 0.3 is 6.36 Å². The summed E-state index contributed by atoms with van der Waals surface area (Å²) in [5.41, 5.74) is 0.651. The first-order chi connectivity index (χ1) is 7.01. The summed E-state index contributed by atoms with van der Waals surface area (Å²) in [5, 5.41) is 0. The van der Waals surface area contributed by atoms with Crippen molar-refractivity contribution in [2.45, 2.75) is 19.9 Å². The molecule has 0 radical (unpaired) electrons. The van der Waals surface area contributed by atoms with Gasteiger partial charge in [-0.2, -0.15) is 0 Å². The highest BCUT2D eigenvalue weighted by molar-refractivity contribution is 5.28. The third kappa shape index (κ3) is 4.69. The van der Waals surface area contributed by atoms with Crippen molar-refractivity contribution in [3.63, 3.8) is 0 Å². The average molecular weight is 220 g/mol. The zero-order valence-electron chi connectivity index (χ0n) is 8.17. The Morgan fingerprint density at radius 1 is 1.27 bits per heavy atom. The standard InChI is InChI=1S/C10H11F3O2/c1-2-14-7-8-4-3-5-9(6-8)15-10(11,12)13/h3-6H,2,7H2,1H3. The predicted octanol–water partition coefficient (Wildman–Crippen LogP) is 3.12. The van der Waals surface area contributed by atoms with Crippen molar-refractivity contribution >= 4 is 0 Å². The van der Waals surface area contributed by atoms with Crippen LogP contribution < -0.4 is 4.74 Å². The zero-order valence-corrected chi connectivity index (χ0v) is 8.17. The molecular weight excluding hydrogens is 209 g/mol. The smallest absolute Gasteiger partial charge is 0.406 e. The van der Waals surface area contributed by atoms with Gasteiger partial charge in [0.05, 0.1) is 6.61 Å². The van der Waals surface area contributed by atoms with Gasteiger partial charge in [0.15, 0.2) is 0 Å². The van der Waals surface area contributed by atoms with Crippen LogP contribution in [0.4, 0.5) is 13.2 Å². The first kappa shape index (κ1) is 11.8. The molecule has 5 heteroatoms. The third-order valence-corrected chi connectivity index (χ3v) is 1.60. The molecule has 0 amide bonds. The van der Waals surface area contributed by atoms with E-state index in [1.54, 1.807) is 6.07 Å². The first-order valence-corrected chi connectivity index (χ1v) is 4.43. The topological polar surface area (TPSA) is 18.5 Å². The molecule has 0 aliphatic rings. The van der Waals surface area contributed by atoms with E-state index in [-0.39, 0.29) is 12.4 Å². The largest absolute Gasteiger partial charge is 0.573 e. The summed E-state index contributed by atoms with van der Waals surface area (Å²) in [6.45, 7) is 2.62. The van der Waals surface area contributed by atoms with Crippen LogP contribution in [0.15, 0.2) is 24.3 Å². The van der Waals surface area contributed by atoms with Crippen molar-refractivity contribution in [1.82, 2.24) is 0 Å². The molecule has 0 bridgehead atoms. The van der Waals surface area contributed by atoms with Crippen molar-refractivity contribution in [3.8, 4) is 5.75 Å². The van der Waals surface area contributed by atoms with Crippen LogP contribution in [0.25, 0.3) is 0 Å². The van der Waals surface area contributed by atoms with Gasteiger partial charge in [0.1, 0.15) is 5.75 Å². The Kier molecular flexibility index (Phi) is 3.96. The summed E-state index contributed by atoms with van der Waals surface area (Å²) < 4.78 is 44.4. The molecule has 0 aliphatic heterocycles. The van der Waals surface area contributed by atoms with Gasteiger partial charge in [-0.15, -0.1) is 13.2 Å². The van der Waals surface area contributed by atoms with Gasteiger partial charge in [-0.3, -0.25) is 0 Å². The predicted molar refractivity (Wildman–Crippen MR) is 48.5 cm³/mol. The summed E-state index contributed by atoms with van der Waals surface area (Å²) in [6, 6.07) is 5.74. The van der Waals surface area contributed by atoms with Gasteiger partial charge in [0, 0.05) is 6.61 Å². The Morgan fingerprint density at radius 3 is 2.60 bits per heavy atom. The molecule has 0 spiro atoms. The van der Waals surface area contributed by atoms with Gasteiger partial charge in [0.2, 0.25) is 0 Å². The van der Waals surface area contributed by atoms with E-state index in [9.17, 15) is 13.2 Å². The lowest BCUT2D eigenvalue weighted by Crippen LogP contribution is -2.17. The molecule has 0 aromatic heterocycles. The van der Waals surface area contributed by atoms with Crippen molar-refractivity contribution in [2.75, 3.05) is 6.61 Å². The van der Waals surface area contributed by atoms with Crippen molar-refractivity contribution in [2.24, 2.45) is 0 Å². The van der Waals surface area contributed by atoms with Crippen LogP contribution in [0.1, 0.15) is 12.5 Å². The quantitative estimate of drug-likeness (QED) is 0.776. The van der Waals surface area contributed by atoms with Crippen molar-refractivity contribution < 1.29 is 22.6 Å². The van der Waals surface area contributed by atoms with Crippen molar-refractivity contribution in [1.29, 1.82) is 0 Å². The van der Waals surface area contributed by atoms with Gasteiger partial charge in [-0.25, -0.2) is 0 Å². The van der Waals surface area contributed by atoms with Crippen LogP contribution in [-0.2, 0) is 11.3 Å². The average Bonchev–Trinajstić information content (AvgIpc) is 2.12. The van der Waals surface area contributed by atoms with E-state index in [0.29, 0.717) is 12.2 Å². The van der Waals surface area contributed by atoms with Crippen LogP contribution in [-0.4, -0.2) is 13.0 Å². The molecule has 2 nitrogen and oxygen atoms in total. The maximum Gasteiger partial charge on any atom is 0.573 e. The first-order valence-electron chi connectivity index (χ1n) is 4.43. The maximum absolute atomic E-state index is 11.9. The monoisotopic (exact) mass is 220 g/mol. The minimum atomic E-state index is -4.65. The number of alkyl halides is 3. The van der Waals surface area contributed by atoms with E-state index in [4.69, 9.17) is 4.74 Å². The number of benzene rings is 1. The van der Waals surface area contributed by atoms with Gasteiger partial charge in [0.25, 0.3) is 0 Å². The van der Waals surface area contributed by atoms with E-state index in [1.165, 1.54) is 18.2 Å². The van der Waals surface area contributed by atoms with Crippen LogP contribution >= 0.6 is 0 Å². The number of ether oxygens (including phenoxy) is 2. The van der Waals surface area contributed by atoms with Crippen LogP contribution in [0.2, 0.25) is 0 Å². The molecule has 0 unspecified atom stereocenters. The van der Waals surface area contributed by atoms with E-state index < -0.39 is 6.36 Å². The molecule has 0 saturated heterocycles. The number of rotatable bonds is 4. The van der Waals surface area contributed by atoms with Gasteiger partial charge in [-0.1, -0.05) is 12.1 Å². The molecule has 0 heterocycles. The van der Waals surface area contributed by atoms with E-state index in [1.807, 2.05) is 6.92 Å². The fourth-order valence-electron chi connectivity index (χ4n) is 1.05. The van der Waals surface area contributed by atoms with Crippen LogP contribution in [0.3, 0.4) is 0 Å². The summed E-state index contributed by atoms with van der Waals surface area (Å²) in [6.07, 6.45) is -4.65. The van der Waals surface area contributed by atoms with E-state index in [0.717, 1.165) is 0 Å². The second-order valence-corrected chi connectivity index (χ2v) is 2.83. The highest BCUT2D eigenvalue weighted by Gasteiger charge is 2.31. The maximum atomic E-state index is 11.9. The molecule has 0 fully saturated rings. The Morgan fingerprint density at radius 2 is 2.00 bits per heavy atom. The highest BCUT2D eigenvalue weighted by Crippen LogP contribution is 2.23. The lowest BCUT2D eigenvalue weighted by atomic mass is 10.2. The molecule has 1 aromatic rings. The zero-order chi connectivity index (χ0) is 11.3. The molecule has 0 atom stereocenters. The Hall–Kier alpha value is -1.23. The molecule has 0 aliphatic carbocycles. The number of halogens is 3. The molecule has 0 N–H and O–H groups in total. The van der Waals surface area contributed by atoms with E-state index in [2.05, 4.69) is 4.74 Å². The number of hydrogen-bond acceptors (Lipinski definition) is 2. The third-order valence-electron chi connectivity index (χ3n) is 1.60. The molecule has 1 aromatic carbocycles. The Balaban J connectivity index is 2.66. The molecule has 15 heavy (non-hydrogen) atoms. The highest BCUT2D eigenvalue weighted by atomic mass is 19.4. The summed E-state index contributed by atoms with van der Waals surface area (Å²) in [5.74, 6) is -0.222. The second kappa shape index (κ2) is 5.02. The lowest BCUT2D eigenvalue weighted by Gasteiger charge is -2.09. The van der Waals surface area contributed by atoms with Gasteiger partial charge < -0.3 is 9.47 Å². The second-order valence-electron chi connectivity index (χ2n) is 2.83. The van der Waals surface area contributed by atoms with Gasteiger partial charge in [-0.05, 0) is 24.6 Å². The summed E-state index contributed by atoms with van der Waals surface area (Å²) in [7, 11) is 0. The molecule has 84 valence electrons. The molecular formula is C10H11F3O2.